The van der Waals surface area contributed by atoms with Crippen LogP contribution in [0.2, 0.25) is 0 Å². The Kier molecular flexibility index (Phi) is 2.63. The number of imidazole rings is 1. The molecule has 0 amide bonds. The molecule has 1 aromatic heterocycles. The highest BCUT2D eigenvalue weighted by Crippen LogP contribution is 2.38. The van der Waals surface area contributed by atoms with Crippen LogP contribution in [0, 0.1) is 5.82 Å². The van der Waals surface area contributed by atoms with Gasteiger partial charge in [0.05, 0.1) is 5.69 Å². The van der Waals surface area contributed by atoms with Crippen LogP contribution in [0.1, 0.15) is 18.9 Å². The number of nitrogens with zero attached hydrogens (tertiary/aromatic N) is 2. The van der Waals surface area contributed by atoms with E-state index in [1.165, 1.54) is 18.9 Å². The first kappa shape index (κ1) is 10.8. The van der Waals surface area contributed by atoms with Crippen molar-refractivity contribution in [1.29, 1.82) is 0 Å². The van der Waals surface area contributed by atoms with Crippen LogP contribution in [0.25, 0.3) is 0 Å². The molecule has 0 spiro atoms. The van der Waals surface area contributed by atoms with Gasteiger partial charge in [0.2, 0.25) is 5.95 Å². The van der Waals surface area contributed by atoms with E-state index >= 15 is 0 Å². The van der Waals surface area contributed by atoms with Crippen molar-refractivity contribution in [3.63, 3.8) is 0 Å². The van der Waals surface area contributed by atoms with E-state index in [0.29, 0.717) is 22.2 Å². The maximum absolute atomic E-state index is 13.7. The van der Waals surface area contributed by atoms with E-state index in [4.69, 9.17) is 0 Å². The minimum Gasteiger partial charge on any atom is -0.322 e. The molecule has 1 aliphatic rings. The fourth-order valence-electron chi connectivity index (χ4n) is 1.79. The summed E-state index contributed by atoms with van der Waals surface area (Å²) in [5, 5.41) is 3.04. The van der Waals surface area contributed by atoms with Crippen molar-refractivity contribution in [3.05, 3.63) is 40.9 Å². The number of hydrogen-bond donors (Lipinski definition) is 1. The summed E-state index contributed by atoms with van der Waals surface area (Å²) in [7, 11) is 0. The van der Waals surface area contributed by atoms with Gasteiger partial charge in [-0.05, 0) is 40.9 Å². The van der Waals surface area contributed by atoms with Gasteiger partial charge < -0.3 is 9.88 Å². The first-order chi connectivity index (χ1) is 8.25. The highest BCUT2D eigenvalue weighted by molar-refractivity contribution is 9.10. The Morgan fingerprint density at radius 2 is 2.24 bits per heavy atom. The Hall–Kier alpha value is -1.36. The largest absolute Gasteiger partial charge is 0.322 e. The van der Waals surface area contributed by atoms with Gasteiger partial charge in [0.25, 0.3) is 0 Å². The minimum atomic E-state index is -0.287. The summed E-state index contributed by atoms with van der Waals surface area (Å²) in [6.45, 7) is 0. The maximum atomic E-state index is 13.7. The molecule has 1 fully saturated rings. The molecule has 3 nitrogen and oxygen atoms in total. The van der Waals surface area contributed by atoms with Gasteiger partial charge in [-0.1, -0.05) is 6.07 Å². The minimum absolute atomic E-state index is 0.287. The van der Waals surface area contributed by atoms with Gasteiger partial charge in [-0.25, -0.2) is 9.37 Å². The topological polar surface area (TPSA) is 29.9 Å². The third kappa shape index (κ3) is 2.07. The molecule has 88 valence electrons. The Morgan fingerprint density at radius 1 is 1.41 bits per heavy atom. The maximum Gasteiger partial charge on any atom is 0.207 e. The lowest BCUT2D eigenvalue weighted by Crippen LogP contribution is -2.03. The zero-order valence-electron chi connectivity index (χ0n) is 9.03. The predicted octanol–water partition coefficient (Wildman–Crippen LogP) is 3.86. The van der Waals surface area contributed by atoms with Crippen LogP contribution >= 0.6 is 15.9 Å². The Labute approximate surface area is 107 Å². The number of para-hydroxylation sites is 1. The van der Waals surface area contributed by atoms with Crippen molar-refractivity contribution >= 4 is 27.6 Å². The summed E-state index contributed by atoms with van der Waals surface area (Å²) in [5.41, 5.74) is 0.431. The molecule has 3 rings (SSSR count). The van der Waals surface area contributed by atoms with Gasteiger partial charge in [-0.15, -0.1) is 0 Å². The van der Waals surface area contributed by atoms with Crippen molar-refractivity contribution in [2.24, 2.45) is 0 Å². The molecular weight excluding hydrogens is 285 g/mol. The van der Waals surface area contributed by atoms with Gasteiger partial charge in [0.1, 0.15) is 5.82 Å². The lowest BCUT2D eigenvalue weighted by molar-refractivity contribution is 0.630. The van der Waals surface area contributed by atoms with Crippen LogP contribution in [0.3, 0.4) is 0 Å². The Bertz CT molecular complexity index is 528. The van der Waals surface area contributed by atoms with Crippen LogP contribution in [-0.4, -0.2) is 9.55 Å². The molecule has 0 unspecified atom stereocenters. The lowest BCUT2D eigenvalue weighted by Gasteiger charge is -2.10. The fourth-order valence-corrected chi connectivity index (χ4v) is 2.23. The average molecular weight is 296 g/mol. The quantitative estimate of drug-likeness (QED) is 0.932. The predicted molar refractivity (Wildman–Crippen MR) is 67.9 cm³/mol. The molecule has 5 heteroatoms. The number of hydrogen-bond acceptors (Lipinski definition) is 2. The Balaban J connectivity index is 1.93. The molecule has 1 heterocycles. The van der Waals surface area contributed by atoms with Crippen molar-refractivity contribution in [1.82, 2.24) is 9.55 Å². The first-order valence-electron chi connectivity index (χ1n) is 5.49. The highest BCUT2D eigenvalue weighted by Gasteiger charge is 2.25. The summed E-state index contributed by atoms with van der Waals surface area (Å²) >= 11 is 3.33. The highest BCUT2D eigenvalue weighted by atomic mass is 79.9. The van der Waals surface area contributed by atoms with Gasteiger partial charge in [-0.2, -0.15) is 0 Å². The number of halogens is 2. The zero-order valence-corrected chi connectivity index (χ0v) is 10.6. The van der Waals surface area contributed by atoms with Gasteiger partial charge >= 0.3 is 0 Å². The summed E-state index contributed by atoms with van der Waals surface area (Å²) in [6.07, 6.45) is 6.00. The smallest absolute Gasteiger partial charge is 0.207 e. The SMILES string of the molecule is Fc1cccc(Br)c1Nc1nccn1C1CC1. The average Bonchev–Trinajstić information content (AvgIpc) is 3.04. The molecule has 0 radical (unpaired) electrons. The van der Waals surface area contributed by atoms with E-state index in [-0.39, 0.29) is 5.82 Å². The molecule has 0 bridgehead atoms. The third-order valence-electron chi connectivity index (χ3n) is 2.81. The van der Waals surface area contributed by atoms with Gasteiger partial charge in [0, 0.05) is 22.9 Å². The second-order valence-corrected chi connectivity index (χ2v) is 4.97. The molecule has 0 saturated heterocycles. The second-order valence-electron chi connectivity index (χ2n) is 4.11. The fraction of sp³-hybridized carbons (Fsp3) is 0.250. The van der Waals surface area contributed by atoms with Crippen LogP contribution in [0.5, 0.6) is 0 Å². The van der Waals surface area contributed by atoms with E-state index < -0.39 is 0 Å². The Morgan fingerprint density at radius 3 is 2.94 bits per heavy atom. The molecular formula is C12H11BrFN3. The monoisotopic (exact) mass is 295 g/mol. The van der Waals surface area contributed by atoms with E-state index in [2.05, 4.69) is 30.8 Å². The molecule has 2 aromatic rings. The molecule has 1 aromatic carbocycles. The van der Waals surface area contributed by atoms with E-state index in [9.17, 15) is 4.39 Å². The van der Waals surface area contributed by atoms with Crippen molar-refractivity contribution in [2.45, 2.75) is 18.9 Å². The van der Waals surface area contributed by atoms with Crippen LogP contribution in [0.4, 0.5) is 16.0 Å². The molecule has 1 aliphatic carbocycles. The van der Waals surface area contributed by atoms with E-state index in [1.807, 2.05) is 6.20 Å². The normalized spacial score (nSPS) is 14.9. The first-order valence-corrected chi connectivity index (χ1v) is 6.29. The molecule has 0 atom stereocenters. The molecule has 1 saturated carbocycles. The van der Waals surface area contributed by atoms with E-state index in [0.717, 1.165) is 0 Å². The van der Waals surface area contributed by atoms with Crippen molar-refractivity contribution in [2.75, 3.05) is 5.32 Å². The lowest BCUT2D eigenvalue weighted by atomic mass is 10.3. The summed E-state index contributed by atoms with van der Waals surface area (Å²) in [6, 6.07) is 5.41. The number of benzene rings is 1. The molecule has 17 heavy (non-hydrogen) atoms. The molecule has 1 N–H and O–H groups in total. The van der Waals surface area contributed by atoms with Crippen molar-refractivity contribution in [3.8, 4) is 0 Å². The van der Waals surface area contributed by atoms with Crippen LogP contribution in [0.15, 0.2) is 35.1 Å². The standard InChI is InChI=1S/C12H11BrFN3/c13-9-2-1-3-10(14)11(9)16-12-15-6-7-17(12)8-4-5-8/h1-3,6-8H,4-5H2,(H,15,16). The van der Waals surface area contributed by atoms with Gasteiger partial charge in [0.15, 0.2) is 0 Å². The summed E-state index contributed by atoms with van der Waals surface area (Å²) in [5.74, 6) is 0.406. The zero-order chi connectivity index (χ0) is 11.8. The van der Waals surface area contributed by atoms with Crippen molar-refractivity contribution < 1.29 is 4.39 Å². The number of nitrogens with one attached hydrogen (secondary N) is 1. The summed E-state index contributed by atoms with van der Waals surface area (Å²) < 4.78 is 16.4. The number of aromatic nitrogens is 2. The number of rotatable bonds is 3. The van der Waals surface area contributed by atoms with Crippen LogP contribution in [-0.2, 0) is 0 Å². The molecule has 0 aliphatic heterocycles. The van der Waals surface area contributed by atoms with E-state index in [1.54, 1.807) is 18.3 Å². The van der Waals surface area contributed by atoms with Crippen LogP contribution < -0.4 is 5.32 Å². The van der Waals surface area contributed by atoms with Gasteiger partial charge in [-0.3, -0.25) is 0 Å². The second kappa shape index (κ2) is 4.14. The third-order valence-corrected chi connectivity index (χ3v) is 3.47. The number of anilines is 2. The summed E-state index contributed by atoms with van der Waals surface area (Å²) in [4.78, 5) is 4.22.